The molecular weight excluding hydrogens is 310 g/mol. The number of ether oxygens (including phenoxy) is 1. The Morgan fingerprint density at radius 1 is 1.17 bits per heavy atom. The number of fused-ring (bicyclic) bond motifs is 1. The molecule has 126 valence electrons. The summed E-state index contributed by atoms with van der Waals surface area (Å²) in [5.74, 6) is 0.223. The van der Waals surface area contributed by atoms with Crippen molar-refractivity contribution in [3.63, 3.8) is 0 Å². The minimum absolute atomic E-state index is 0.208. The summed E-state index contributed by atoms with van der Waals surface area (Å²) in [5, 5.41) is 3.84. The van der Waals surface area contributed by atoms with E-state index in [4.69, 9.17) is 9.26 Å². The van der Waals surface area contributed by atoms with Gasteiger partial charge in [0.05, 0.1) is 11.1 Å². The van der Waals surface area contributed by atoms with E-state index in [2.05, 4.69) is 10.1 Å². The lowest BCUT2D eigenvalue weighted by molar-refractivity contribution is 0.0529. The van der Waals surface area contributed by atoms with E-state index in [1.165, 1.54) is 12.0 Å². The second kappa shape index (κ2) is 6.52. The van der Waals surface area contributed by atoms with Gasteiger partial charge < -0.3 is 9.26 Å². The number of aromatic nitrogens is 2. The van der Waals surface area contributed by atoms with Crippen molar-refractivity contribution in [1.82, 2.24) is 15.0 Å². The molecule has 0 aliphatic carbocycles. The summed E-state index contributed by atoms with van der Waals surface area (Å²) in [6, 6.07) is 6.22. The Morgan fingerprint density at radius 3 is 2.33 bits per heavy atom. The van der Waals surface area contributed by atoms with Crippen molar-refractivity contribution in [2.24, 2.45) is 5.92 Å². The third-order valence-corrected chi connectivity index (χ3v) is 3.87. The molecular formula is C17H19N3O4. The first-order valence-corrected chi connectivity index (χ1v) is 7.81. The molecule has 1 aliphatic heterocycles. The Bertz CT molecular complexity index is 734. The number of carbonyl (C=O) groups excluding carboxylic acids is 2. The molecule has 0 fully saturated rings. The van der Waals surface area contributed by atoms with Gasteiger partial charge in [-0.05, 0) is 24.5 Å². The second-order valence-corrected chi connectivity index (χ2v) is 6.15. The predicted octanol–water partition coefficient (Wildman–Crippen LogP) is 2.60. The Balaban J connectivity index is 1.97. The molecule has 24 heavy (non-hydrogen) atoms. The second-order valence-electron chi connectivity index (χ2n) is 6.15. The van der Waals surface area contributed by atoms with Gasteiger partial charge in [-0.15, -0.1) is 0 Å². The van der Waals surface area contributed by atoms with Crippen molar-refractivity contribution < 1.29 is 18.8 Å². The van der Waals surface area contributed by atoms with Crippen LogP contribution >= 0.6 is 0 Å². The van der Waals surface area contributed by atoms with E-state index < -0.39 is 6.04 Å². The number of rotatable bonds is 6. The maximum atomic E-state index is 12.7. The molecule has 0 saturated carbocycles. The zero-order valence-corrected chi connectivity index (χ0v) is 13.9. The van der Waals surface area contributed by atoms with Crippen molar-refractivity contribution >= 4 is 11.8 Å². The zero-order valence-electron chi connectivity index (χ0n) is 13.9. The summed E-state index contributed by atoms with van der Waals surface area (Å²) >= 11 is 0. The van der Waals surface area contributed by atoms with Crippen LogP contribution in [0.5, 0.6) is 0 Å². The summed E-state index contributed by atoms with van der Waals surface area (Å²) in [4.78, 5) is 31.0. The molecule has 0 saturated heterocycles. The van der Waals surface area contributed by atoms with Crippen molar-refractivity contribution in [3.8, 4) is 0 Å². The molecule has 1 aromatic carbocycles. The van der Waals surface area contributed by atoms with Crippen LogP contribution in [0.4, 0.5) is 0 Å². The molecule has 3 rings (SSSR count). The number of amides is 2. The summed E-state index contributed by atoms with van der Waals surface area (Å²) in [5.41, 5.74) is 0.820. The van der Waals surface area contributed by atoms with Gasteiger partial charge in [-0.3, -0.25) is 14.5 Å². The van der Waals surface area contributed by atoms with Gasteiger partial charge >= 0.3 is 0 Å². The zero-order chi connectivity index (χ0) is 17.3. The van der Waals surface area contributed by atoms with E-state index in [1.807, 2.05) is 13.8 Å². The van der Waals surface area contributed by atoms with Crippen LogP contribution in [0.2, 0.25) is 0 Å². The number of nitrogens with zero attached hydrogens (tertiary/aromatic N) is 3. The molecule has 0 spiro atoms. The molecule has 0 N–H and O–H groups in total. The fourth-order valence-electron chi connectivity index (χ4n) is 2.84. The van der Waals surface area contributed by atoms with E-state index in [0.717, 1.165) is 0 Å². The minimum Gasteiger partial charge on any atom is -0.377 e. The maximum Gasteiger partial charge on any atom is 0.262 e. The van der Waals surface area contributed by atoms with E-state index >= 15 is 0 Å². The number of carbonyl (C=O) groups is 2. The average Bonchev–Trinajstić information content (AvgIpc) is 3.11. The summed E-state index contributed by atoms with van der Waals surface area (Å²) in [6.07, 6.45) is 0.542. The Hall–Kier alpha value is -2.54. The number of methoxy groups -OCH3 is 1. The highest BCUT2D eigenvalue weighted by atomic mass is 16.5. The number of imide groups is 1. The van der Waals surface area contributed by atoms with Gasteiger partial charge in [-0.2, -0.15) is 4.98 Å². The molecule has 1 aliphatic rings. The molecule has 2 heterocycles. The molecule has 1 unspecified atom stereocenters. The lowest BCUT2D eigenvalue weighted by atomic mass is 10.0. The molecule has 1 atom stereocenters. The van der Waals surface area contributed by atoms with E-state index in [0.29, 0.717) is 23.4 Å². The summed E-state index contributed by atoms with van der Waals surface area (Å²) < 4.78 is 10.3. The van der Waals surface area contributed by atoms with Crippen LogP contribution in [0, 0.1) is 5.92 Å². The van der Waals surface area contributed by atoms with Crippen molar-refractivity contribution in [2.45, 2.75) is 32.9 Å². The smallest absolute Gasteiger partial charge is 0.262 e. The third-order valence-electron chi connectivity index (χ3n) is 3.87. The van der Waals surface area contributed by atoms with Crippen LogP contribution in [0.15, 0.2) is 28.8 Å². The number of hydrogen-bond donors (Lipinski definition) is 0. The molecule has 2 amide bonds. The average molecular weight is 329 g/mol. The molecule has 0 radical (unpaired) electrons. The fraction of sp³-hybridized carbons (Fsp3) is 0.412. The van der Waals surface area contributed by atoms with Crippen LogP contribution in [0.3, 0.4) is 0 Å². The largest absolute Gasteiger partial charge is 0.377 e. The highest BCUT2D eigenvalue weighted by Crippen LogP contribution is 2.34. The maximum absolute atomic E-state index is 12.7. The van der Waals surface area contributed by atoms with Gasteiger partial charge in [0, 0.05) is 7.11 Å². The fourth-order valence-corrected chi connectivity index (χ4v) is 2.84. The van der Waals surface area contributed by atoms with Crippen LogP contribution in [-0.2, 0) is 11.3 Å². The lowest BCUT2D eigenvalue weighted by Gasteiger charge is -2.24. The molecule has 7 heteroatoms. The first kappa shape index (κ1) is 16.3. The molecule has 0 bridgehead atoms. The molecule has 1 aromatic heterocycles. The van der Waals surface area contributed by atoms with E-state index in [1.54, 1.807) is 24.3 Å². The van der Waals surface area contributed by atoms with Crippen molar-refractivity contribution in [3.05, 3.63) is 47.1 Å². The summed E-state index contributed by atoms with van der Waals surface area (Å²) in [7, 11) is 1.53. The standard InChI is InChI=1S/C17H19N3O4/c1-10(2)8-13(15-18-14(9-23-3)19-24-15)20-16(21)11-6-4-5-7-12(11)17(20)22/h4-7,10,13H,8-9H2,1-3H3. The quantitative estimate of drug-likeness (QED) is 0.757. The first-order valence-electron chi connectivity index (χ1n) is 7.81. The monoisotopic (exact) mass is 329 g/mol. The first-order chi connectivity index (χ1) is 11.5. The Kier molecular flexibility index (Phi) is 4.44. The number of hydrogen-bond acceptors (Lipinski definition) is 6. The predicted molar refractivity (Wildman–Crippen MR) is 84.1 cm³/mol. The van der Waals surface area contributed by atoms with Crippen LogP contribution in [-0.4, -0.2) is 34.0 Å². The third kappa shape index (κ3) is 2.82. The minimum atomic E-state index is -0.587. The van der Waals surface area contributed by atoms with Gasteiger partial charge in [0.2, 0.25) is 5.89 Å². The van der Waals surface area contributed by atoms with Crippen molar-refractivity contribution in [1.29, 1.82) is 0 Å². The van der Waals surface area contributed by atoms with Gasteiger partial charge in [0.15, 0.2) is 5.82 Å². The Morgan fingerprint density at radius 2 is 1.79 bits per heavy atom. The van der Waals surface area contributed by atoms with E-state index in [9.17, 15) is 9.59 Å². The summed E-state index contributed by atoms with van der Waals surface area (Å²) in [6.45, 7) is 4.23. The van der Waals surface area contributed by atoms with Crippen molar-refractivity contribution in [2.75, 3.05) is 7.11 Å². The SMILES string of the molecule is COCc1noc(C(CC(C)C)N2C(=O)c3ccccc3C2=O)n1. The molecule has 7 nitrogen and oxygen atoms in total. The number of benzene rings is 1. The van der Waals surface area contributed by atoms with Gasteiger partial charge in [-0.1, -0.05) is 31.1 Å². The van der Waals surface area contributed by atoms with Gasteiger partial charge in [0.25, 0.3) is 11.8 Å². The highest BCUT2D eigenvalue weighted by Gasteiger charge is 2.42. The van der Waals surface area contributed by atoms with Gasteiger partial charge in [0.1, 0.15) is 12.6 Å². The van der Waals surface area contributed by atoms with Crippen LogP contribution in [0.1, 0.15) is 58.7 Å². The Labute approximate surface area is 139 Å². The van der Waals surface area contributed by atoms with E-state index in [-0.39, 0.29) is 30.2 Å². The van der Waals surface area contributed by atoms with Crippen LogP contribution in [0.25, 0.3) is 0 Å². The van der Waals surface area contributed by atoms with Gasteiger partial charge in [-0.25, -0.2) is 0 Å². The lowest BCUT2D eigenvalue weighted by Crippen LogP contribution is -2.35. The van der Waals surface area contributed by atoms with Crippen LogP contribution < -0.4 is 0 Å². The topological polar surface area (TPSA) is 85.5 Å². The molecule has 2 aromatic rings. The highest BCUT2D eigenvalue weighted by molar-refractivity contribution is 6.21. The normalized spacial score (nSPS) is 15.2.